The fourth-order valence-corrected chi connectivity index (χ4v) is 9.66. The Kier molecular flexibility index (Phi) is 21.0. The molecule has 27 heteroatoms. The van der Waals surface area contributed by atoms with Gasteiger partial charge in [0.2, 0.25) is 0 Å². The summed E-state index contributed by atoms with van der Waals surface area (Å²) in [5, 5.41) is 9.06. The van der Waals surface area contributed by atoms with Crippen LogP contribution in [0.3, 0.4) is 0 Å². The first-order valence-corrected chi connectivity index (χ1v) is 27.0. The van der Waals surface area contributed by atoms with Crippen molar-refractivity contribution < 1.29 is 71.9 Å². The van der Waals surface area contributed by atoms with Crippen LogP contribution in [0.2, 0.25) is 10.3 Å². The summed E-state index contributed by atoms with van der Waals surface area (Å²) in [5.74, 6) is -1.14. The van der Waals surface area contributed by atoms with E-state index in [2.05, 4.69) is 25.5 Å². The van der Waals surface area contributed by atoms with Crippen molar-refractivity contribution in [3.63, 3.8) is 0 Å². The second-order valence-corrected chi connectivity index (χ2v) is 20.9. The molecular formula is C60H51Cl3F12N8O4. The maximum Gasteiger partial charge on any atom is 0.419 e. The largest absolute Gasteiger partial charge is 0.419 e. The van der Waals surface area contributed by atoms with Crippen LogP contribution in [0, 0.1) is 13.8 Å². The number of hydrogen-bond acceptors (Lipinski definition) is 9. The lowest BCUT2D eigenvalue weighted by Crippen LogP contribution is -2.46. The first-order chi connectivity index (χ1) is 40.5. The van der Waals surface area contributed by atoms with Gasteiger partial charge in [0.1, 0.15) is 10.3 Å². The smallest absolute Gasteiger partial charge is 0.399 e. The molecule has 8 aromatic rings. The molecule has 0 radical (unpaired) electrons. The number of anilines is 2. The lowest BCUT2D eigenvalue weighted by atomic mass is 9.84. The van der Waals surface area contributed by atoms with Crippen LogP contribution in [-0.2, 0) is 49.1 Å². The zero-order valence-corrected chi connectivity index (χ0v) is 48.9. The molecule has 0 spiro atoms. The summed E-state index contributed by atoms with van der Waals surface area (Å²) in [6, 6.07) is 23.7. The standard InChI is InChI=1S/C30H25ClF6N4O2.C24H23F6N3O.C6H3Cl2NO/c1-4-18-12-20(28(3,30(35,36)37)41-16-21(15-39-41)29(32,33)34)11-17(2)24(18)14-25(42)19-7-5-8-22(13-19)40-27(43)23-9-6-10-38-26(23)31;1-4-15-9-17(8-14(2)20(15)11-21(34)16-6-5-7-19(31)10-16)22(3,24(28,29)30)33-13-18(12-32-33)23(25,26)27;7-5-4(6(8)10)2-1-3-9-5/h5-13,15-16H,4,14H2,1-3H3,(H,40,43);5-10,12-13H,4,11,31H2,1-3H3;1-3H. The number of hydrogen-bond donors (Lipinski definition) is 2. The van der Waals surface area contributed by atoms with Gasteiger partial charge in [0.25, 0.3) is 11.1 Å². The van der Waals surface area contributed by atoms with Crippen LogP contribution in [-0.4, -0.2) is 64.6 Å². The average molecular weight is 1280 g/mol. The molecule has 0 saturated heterocycles. The number of nitrogens with two attached hydrogens (primary N) is 1. The van der Waals surface area contributed by atoms with E-state index in [0.29, 0.717) is 86.2 Å². The number of rotatable bonds is 15. The molecule has 4 heterocycles. The number of benzene rings is 4. The van der Waals surface area contributed by atoms with Crippen molar-refractivity contribution in [2.75, 3.05) is 11.1 Å². The van der Waals surface area contributed by atoms with Gasteiger partial charge in [-0.1, -0.05) is 85.6 Å². The van der Waals surface area contributed by atoms with Gasteiger partial charge in [0.05, 0.1) is 34.6 Å². The number of carbonyl (C=O) groups is 4. The molecule has 1 amide bonds. The number of ketones is 2. The van der Waals surface area contributed by atoms with Crippen molar-refractivity contribution in [2.45, 2.75) is 103 Å². The number of aromatic nitrogens is 6. The molecule has 2 atom stereocenters. The third-order valence-corrected chi connectivity index (χ3v) is 15.0. The lowest BCUT2D eigenvalue weighted by Gasteiger charge is -2.34. The second kappa shape index (κ2) is 26.9. The van der Waals surface area contributed by atoms with Gasteiger partial charge in [-0.15, -0.1) is 0 Å². The fourth-order valence-electron chi connectivity index (χ4n) is 9.05. The van der Waals surface area contributed by atoms with Gasteiger partial charge in [-0.2, -0.15) is 62.9 Å². The number of nitrogens with zero attached hydrogens (tertiary/aromatic N) is 6. The highest BCUT2D eigenvalue weighted by Crippen LogP contribution is 2.46. The maximum atomic E-state index is 14.5. The molecule has 12 nitrogen and oxygen atoms in total. The Balaban J connectivity index is 0.000000244. The van der Waals surface area contributed by atoms with E-state index in [-0.39, 0.29) is 73.6 Å². The SMILES string of the molecule is CCc1cc(C(C)(n2cc(C(F)(F)F)cn2)C(F)(F)F)cc(C)c1CC(=O)c1cccc(N)c1.CCc1cc(C(C)(n2cc(C(F)(F)F)cn2)C(F)(F)F)cc(C)c1CC(=O)c1cccc(NC(=O)c2cccnc2Cl)c1.O=C(Cl)c1cccnc1Cl. The quantitative estimate of drug-likeness (QED) is 0.0334. The summed E-state index contributed by atoms with van der Waals surface area (Å²) in [6.45, 7) is 8.09. The highest BCUT2D eigenvalue weighted by atomic mass is 35.5. The minimum Gasteiger partial charge on any atom is -0.399 e. The fraction of sp³-hybridized carbons (Fsp3) is 0.267. The predicted octanol–water partition coefficient (Wildman–Crippen LogP) is 16.0. The van der Waals surface area contributed by atoms with E-state index in [1.54, 1.807) is 76.2 Å². The molecule has 0 fully saturated rings. The predicted molar refractivity (Wildman–Crippen MR) is 303 cm³/mol. The van der Waals surface area contributed by atoms with Crippen molar-refractivity contribution in [1.29, 1.82) is 0 Å². The first kappa shape index (κ1) is 68.0. The van der Waals surface area contributed by atoms with Crippen LogP contribution in [0.5, 0.6) is 0 Å². The zero-order chi connectivity index (χ0) is 64.8. The van der Waals surface area contributed by atoms with E-state index in [9.17, 15) is 71.9 Å². The summed E-state index contributed by atoms with van der Waals surface area (Å²) < 4.78 is 166. The molecule has 4 aromatic carbocycles. The molecule has 3 N–H and O–H groups in total. The Bertz CT molecular complexity index is 3840. The molecule has 2 unspecified atom stereocenters. The normalized spacial score (nSPS) is 13.3. The summed E-state index contributed by atoms with van der Waals surface area (Å²) in [5.41, 5.74) is 1.27. The minimum atomic E-state index is -5.01. The highest BCUT2D eigenvalue weighted by Gasteiger charge is 2.57. The Morgan fingerprint density at radius 3 is 1.32 bits per heavy atom. The Labute approximate surface area is 504 Å². The monoisotopic (exact) mass is 1280 g/mol. The second-order valence-electron chi connectivity index (χ2n) is 19.9. The number of nitrogens with one attached hydrogen (secondary N) is 1. The number of halogens is 15. The van der Waals surface area contributed by atoms with Gasteiger partial charge in [-0.3, -0.25) is 28.5 Å². The summed E-state index contributed by atoms with van der Waals surface area (Å²) in [6.07, 6.45) is -15.0. The van der Waals surface area contributed by atoms with Crippen LogP contribution in [0.1, 0.15) is 125 Å². The van der Waals surface area contributed by atoms with Crippen molar-refractivity contribution in [3.8, 4) is 0 Å². The van der Waals surface area contributed by atoms with Gasteiger partial charge in [0.15, 0.2) is 22.6 Å². The minimum absolute atomic E-state index is 0.00761. The molecule has 0 aliphatic carbocycles. The van der Waals surface area contributed by atoms with E-state index >= 15 is 0 Å². The number of amides is 1. The van der Waals surface area contributed by atoms with Crippen molar-refractivity contribution in [2.24, 2.45) is 0 Å². The van der Waals surface area contributed by atoms with Crippen molar-refractivity contribution in [3.05, 3.63) is 222 Å². The average Bonchev–Trinajstić information content (AvgIpc) is 1.76. The van der Waals surface area contributed by atoms with Crippen molar-refractivity contribution in [1.82, 2.24) is 29.5 Å². The molecule has 8 rings (SSSR count). The van der Waals surface area contributed by atoms with Crippen molar-refractivity contribution >= 4 is 68.9 Å². The molecular weight excluding hydrogens is 1230 g/mol. The van der Waals surface area contributed by atoms with E-state index in [0.717, 1.165) is 13.8 Å². The van der Waals surface area contributed by atoms with E-state index in [4.69, 9.17) is 40.5 Å². The number of aryl methyl sites for hydroxylation is 4. The van der Waals surface area contributed by atoms with Gasteiger partial charge in [0, 0.05) is 60.1 Å². The third-order valence-electron chi connectivity index (χ3n) is 14.2. The molecule has 4 aromatic heterocycles. The molecule has 0 aliphatic rings. The van der Waals surface area contributed by atoms with Crippen LogP contribution in [0.15, 0.2) is 134 Å². The number of carbonyl (C=O) groups excluding carboxylic acids is 4. The Morgan fingerprint density at radius 1 is 0.552 bits per heavy atom. The molecule has 0 aliphatic heterocycles. The van der Waals surface area contributed by atoms with Crippen LogP contribution in [0.4, 0.5) is 64.1 Å². The number of nitrogen functional groups attached to an aromatic ring is 1. The molecule has 0 saturated carbocycles. The van der Waals surface area contributed by atoms with Gasteiger partial charge >= 0.3 is 24.7 Å². The number of alkyl halides is 12. The number of Topliss-reactive ketones (excluding diaryl/α,β-unsaturated/α-hetero) is 2. The van der Waals surface area contributed by atoms with Crippen LogP contribution >= 0.6 is 34.8 Å². The van der Waals surface area contributed by atoms with E-state index in [1.165, 1.54) is 60.9 Å². The Morgan fingerprint density at radius 2 is 0.966 bits per heavy atom. The maximum absolute atomic E-state index is 14.5. The Hall–Kier alpha value is -8.09. The van der Waals surface area contributed by atoms with E-state index < -0.39 is 58.1 Å². The van der Waals surface area contributed by atoms with Gasteiger partial charge < -0.3 is 11.1 Å². The van der Waals surface area contributed by atoms with Gasteiger partial charge in [-0.25, -0.2) is 9.97 Å². The zero-order valence-electron chi connectivity index (χ0n) is 46.6. The first-order valence-electron chi connectivity index (χ1n) is 25.8. The van der Waals surface area contributed by atoms with Gasteiger partial charge in [-0.05, 0) is 145 Å². The lowest BCUT2D eigenvalue weighted by molar-refractivity contribution is -0.198. The van der Waals surface area contributed by atoms with E-state index in [1.807, 2.05) is 0 Å². The van der Waals surface area contributed by atoms with Crippen LogP contribution in [0.25, 0.3) is 0 Å². The molecule has 460 valence electrons. The highest BCUT2D eigenvalue weighted by molar-refractivity contribution is 6.68. The third kappa shape index (κ3) is 15.6. The summed E-state index contributed by atoms with van der Waals surface area (Å²) in [7, 11) is 0. The summed E-state index contributed by atoms with van der Waals surface area (Å²) >= 11 is 16.6. The molecule has 0 bridgehead atoms. The topological polar surface area (TPSA) is 168 Å². The molecule has 87 heavy (non-hydrogen) atoms. The van der Waals surface area contributed by atoms with Crippen LogP contribution < -0.4 is 11.1 Å². The number of pyridine rings is 2. The summed E-state index contributed by atoms with van der Waals surface area (Å²) in [4.78, 5) is 56.7.